The van der Waals surface area contributed by atoms with Crippen molar-refractivity contribution < 1.29 is 28.5 Å². The maximum Gasteiger partial charge on any atom is 0.255 e. The number of para-hydroxylation sites is 2. The van der Waals surface area contributed by atoms with Gasteiger partial charge in [0.2, 0.25) is 5.91 Å². The van der Waals surface area contributed by atoms with E-state index < -0.39 is 5.54 Å². The highest BCUT2D eigenvalue weighted by Gasteiger charge is 2.38. The van der Waals surface area contributed by atoms with E-state index in [9.17, 15) is 9.59 Å². The maximum atomic E-state index is 13.4. The number of anilines is 3. The van der Waals surface area contributed by atoms with Crippen LogP contribution in [0.2, 0.25) is 0 Å². The van der Waals surface area contributed by atoms with Gasteiger partial charge in [-0.25, -0.2) is 5.84 Å². The summed E-state index contributed by atoms with van der Waals surface area (Å²) in [4.78, 5) is 24.9. The molecule has 2 amide bonds. The van der Waals surface area contributed by atoms with Gasteiger partial charge in [0.25, 0.3) is 5.91 Å². The van der Waals surface area contributed by atoms with Gasteiger partial charge in [0.15, 0.2) is 0 Å². The average Bonchev–Trinajstić information content (AvgIpc) is 3.17. The molecule has 0 aromatic heterocycles. The third kappa shape index (κ3) is 12.5. The van der Waals surface area contributed by atoms with Crippen LogP contribution in [0, 0.1) is 12.3 Å². The van der Waals surface area contributed by atoms with Crippen LogP contribution in [0.1, 0.15) is 28.4 Å². The minimum absolute atomic E-state index is 0.193. The predicted molar refractivity (Wildman–Crippen MR) is 208 cm³/mol. The molecule has 12 nitrogen and oxygen atoms in total. The summed E-state index contributed by atoms with van der Waals surface area (Å²) in [7, 11) is 0. The van der Waals surface area contributed by atoms with E-state index in [1.807, 2.05) is 84.9 Å². The highest BCUT2D eigenvalue weighted by molar-refractivity contribution is 6.06. The molecule has 0 aliphatic rings. The Labute approximate surface area is 311 Å². The number of amides is 2. The fraction of sp³-hybridized carbons (Fsp3) is 0.268. The second-order valence-electron chi connectivity index (χ2n) is 11.8. The summed E-state index contributed by atoms with van der Waals surface area (Å²) in [6, 6.07) is 33.7. The van der Waals surface area contributed by atoms with Crippen LogP contribution < -0.4 is 27.5 Å². The van der Waals surface area contributed by atoms with Gasteiger partial charge >= 0.3 is 0 Å². The number of carbonyl (C=O) groups is 2. The van der Waals surface area contributed by atoms with Gasteiger partial charge in [-0.3, -0.25) is 9.59 Å². The van der Waals surface area contributed by atoms with Crippen molar-refractivity contribution in [3.05, 3.63) is 138 Å². The molecule has 4 aromatic rings. The summed E-state index contributed by atoms with van der Waals surface area (Å²) in [5.41, 5.74) is 10.2. The first-order valence-corrected chi connectivity index (χ1v) is 17.2. The second kappa shape index (κ2) is 21.6. The van der Waals surface area contributed by atoms with Gasteiger partial charge in [-0.05, 0) is 47.5 Å². The summed E-state index contributed by atoms with van der Waals surface area (Å²) in [6.45, 7) is 4.98. The Hall–Kier alpha value is -5.68. The lowest BCUT2D eigenvalue weighted by molar-refractivity contribution is -0.114. The standard InChI is InChI=1S/C41H48N6O6/c1-3-23-50-25-27-52-29-30-53-28-26-51-24-22-47(43)31-39(42)41(34-12-6-4-7-13-34,35-14-8-5-9-15-35)46-38-17-11-10-16-37(38)45-40(49)33-18-20-36(21-19-33)44-32(2)48/h1,4-21,31,46H,22-30,42-43H2,2H3,(H,44,48)(H,45,49)/b39-31-. The Balaban J connectivity index is 1.48. The van der Waals surface area contributed by atoms with Crippen molar-refractivity contribution >= 4 is 28.9 Å². The zero-order chi connectivity index (χ0) is 37.7. The fourth-order valence-electron chi connectivity index (χ4n) is 5.40. The summed E-state index contributed by atoms with van der Waals surface area (Å²) in [5.74, 6) is 8.37. The number of nitrogens with zero attached hydrogens (tertiary/aromatic N) is 1. The molecule has 53 heavy (non-hydrogen) atoms. The van der Waals surface area contributed by atoms with Crippen molar-refractivity contribution in [1.82, 2.24) is 5.01 Å². The van der Waals surface area contributed by atoms with Crippen molar-refractivity contribution in [3.63, 3.8) is 0 Å². The van der Waals surface area contributed by atoms with Crippen molar-refractivity contribution in [2.24, 2.45) is 11.6 Å². The third-order valence-corrected chi connectivity index (χ3v) is 7.91. The number of nitrogens with two attached hydrogens (primary N) is 2. The van der Waals surface area contributed by atoms with Crippen LogP contribution in [-0.4, -0.2) is 76.2 Å². The molecular weight excluding hydrogens is 672 g/mol. The van der Waals surface area contributed by atoms with E-state index in [4.69, 9.17) is 36.9 Å². The Kier molecular flexibility index (Phi) is 16.4. The van der Waals surface area contributed by atoms with Gasteiger partial charge in [-0.2, -0.15) is 0 Å². The zero-order valence-electron chi connectivity index (χ0n) is 30.0. The molecule has 0 bridgehead atoms. The molecule has 278 valence electrons. The fourth-order valence-corrected chi connectivity index (χ4v) is 5.40. The first-order chi connectivity index (χ1) is 25.8. The number of hydrogen-bond donors (Lipinski definition) is 5. The van der Waals surface area contributed by atoms with E-state index in [0.717, 1.165) is 11.1 Å². The van der Waals surface area contributed by atoms with E-state index >= 15 is 0 Å². The van der Waals surface area contributed by atoms with E-state index in [-0.39, 0.29) is 18.4 Å². The van der Waals surface area contributed by atoms with Crippen molar-refractivity contribution in [2.45, 2.75) is 12.5 Å². The number of hydrazine groups is 1. The van der Waals surface area contributed by atoms with E-state index in [1.165, 1.54) is 11.9 Å². The lowest BCUT2D eigenvalue weighted by Gasteiger charge is -2.38. The molecule has 0 spiro atoms. The van der Waals surface area contributed by atoms with Gasteiger partial charge in [-0.15, -0.1) is 6.42 Å². The maximum absolute atomic E-state index is 13.4. The van der Waals surface area contributed by atoms with Gasteiger partial charge in [0, 0.05) is 24.4 Å². The average molecular weight is 721 g/mol. The minimum atomic E-state index is -1.12. The molecule has 4 aromatic carbocycles. The first kappa shape index (κ1) is 40.1. The Morgan fingerprint density at radius 2 is 1.23 bits per heavy atom. The number of rotatable bonds is 22. The van der Waals surface area contributed by atoms with Gasteiger partial charge < -0.3 is 45.6 Å². The normalized spacial score (nSPS) is 11.4. The Bertz CT molecular complexity index is 1740. The highest BCUT2D eigenvalue weighted by atomic mass is 16.6. The molecule has 0 saturated carbocycles. The third-order valence-electron chi connectivity index (χ3n) is 7.91. The predicted octanol–water partition coefficient (Wildman–Crippen LogP) is 4.93. The van der Waals surface area contributed by atoms with Crippen LogP contribution in [0.5, 0.6) is 0 Å². The molecule has 0 aliphatic carbocycles. The summed E-state index contributed by atoms with van der Waals surface area (Å²) >= 11 is 0. The molecule has 0 heterocycles. The lowest BCUT2D eigenvalue weighted by Crippen LogP contribution is -2.44. The molecule has 0 saturated heterocycles. The van der Waals surface area contributed by atoms with Crippen LogP contribution in [0.3, 0.4) is 0 Å². The van der Waals surface area contributed by atoms with E-state index in [2.05, 4.69) is 21.9 Å². The van der Waals surface area contributed by atoms with Crippen molar-refractivity contribution in [2.75, 3.05) is 75.4 Å². The zero-order valence-corrected chi connectivity index (χ0v) is 30.0. The van der Waals surface area contributed by atoms with Crippen molar-refractivity contribution in [3.8, 4) is 12.3 Å². The van der Waals surface area contributed by atoms with E-state index in [0.29, 0.717) is 81.1 Å². The van der Waals surface area contributed by atoms with Crippen LogP contribution in [0.25, 0.3) is 0 Å². The molecular formula is C41H48N6O6. The molecule has 0 atom stereocenters. The number of hydrogen-bond acceptors (Lipinski definition) is 10. The van der Waals surface area contributed by atoms with Crippen LogP contribution >= 0.6 is 0 Å². The summed E-state index contributed by atoms with van der Waals surface area (Å²) in [5, 5.41) is 10.9. The molecule has 7 N–H and O–H groups in total. The van der Waals surface area contributed by atoms with E-state index in [1.54, 1.807) is 30.5 Å². The van der Waals surface area contributed by atoms with Crippen LogP contribution in [-0.2, 0) is 29.3 Å². The summed E-state index contributed by atoms with van der Waals surface area (Å²) < 4.78 is 21.9. The smallest absolute Gasteiger partial charge is 0.255 e. The second-order valence-corrected chi connectivity index (χ2v) is 11.8. The molecule has 0 unspecified atom stereocenters. The minimum Gasteiger partial charge on any atom is -0.398 e. The number of benzene rings is 4. The van der Waals surface area contributed by atoms with Gasteiger partial charge in [0.05, 0.1) is 69.9 Å². The van der Waals surface area contributed by atoms with Gasteiger partial charge in [0.1, 0.15) is 12.1 Å². The topological polar surface area (TPSA) is 162 Å². The molecule has 0 radical (unpaired) electrons. The lowest BCUT2D eigenvalue weighted by atomic mass is 9.79. The van der Waals surface area contributed by atoms with Crippen LogP contribution in [0.15, 0.2) is 121 Å². The number of terminal acetylenes is 1. The number of nitrogens with one attached hydrogen (secondary N) is 3. The number of ether oxygens (including phenoxy) is 4. The monoisotopic (exact) mass is 720 g/mol. The number of carbonyl (C=O) groups excluding carboxylic acids is 2. The largest absolute Gasteiger partial charge is 0.398 e. The summed E-state index contributed by atoms with van der Waals surface area (Å²) in [6.07, 6.45) is 6.83. The van der Waals surface area contributed by atoms with Gasteiger partial charge in [-0.1, -0.05) is 78.7 Å². The SMILES string of the molecule is C#CCOCCOCCOCCOCCN(N)/C=C(\N)C(Nc1ccccc1NC(=O)c1ccc(NC(C)=O)cc1)(c1ccccc1)c1ccccc1. The van der Waals surface area contributed by atoms with Crippen LogP contribution in [0.4, 0.5) is 17.1 Å². The first-order valence-electron chi connectivity index (χ1n) is 17.2. The molecule has 4 rings (SSSR count). The molecule has 0 fully saturated rings. The molecule has 12 heteroatoms. The Morgan fingerprint density at radius 1 is 0.717 bits per heavy atom. The molecule has 0 aliphatic heterocycles. The highest BCUT2D eigenvalue weighted by Crippen LogP contribution is 2.40. The quantitative estimate of drug-likeness (QED) is 0.0326. The van der Waals surface area contributed by atoms with Crippen molar-refractivity contribution in [1.29, 1.82) is 0 Å². The Morgan fingerprint density at radius 3 is 1.77 bits per heavy atom.